The molecule has 7 nitrogen and oxygen atoms in total. The van der Waals surface area contributed by atoms with Crippen molar-refractivity contribution in [1.82, 2.24) is 15.5 Å². The first-order chi connectivity index (χ1) is 13.5. The molecule has 2 saturated heterocycles. The van der Waals surface area contributed by atoms with Gasteiger partial charge in [0.05, 0.1) is 11.1 Å². The highest BCUT2D eigenvalue weighted by atomic mass is 19.1. The van der Waals surface area contributed by atoms with Gasteiger partial charge in [-0.25, -0.2) is 4.39 Å². The summed E-state index contributed by atoms with van der Waals surface area (Å²) in [6.45, 7) is 1.68. The van der Waals surface area contributed by atoms with Crippen LogP contribution in [0.5, 0.6) is 0 Å². The molecule has 0 spiro atoms. The van der Waals surface area contributed by atoms with E-state index in [1.807, 2.05) is 0 Å². The highest BCUT2D eigenvalue weighted by Crippen LogP contribution is 2.48. The molecular weight excluding hydrogens is 365 g/mol. The molecule has 3 fully saturated rings. The van der Waals surface area contributed by atoms with Crippen LogP contribution < -0.4 is 10.6 Å². The standard InChI is InChI=1S/C20H20FN3O4/c21-12-4-3-11(15-9-1-2-10(15)8-22-7-9)16-17(12)20(28)24(19(16)27)13-5-6-14(25)23-18(13)26/h3-4,9-10,13,15,22H,1-2,5-8H2,(H,23,25,26)/t9-,10+,13?,15?. The second-order valence-corrected chi connectivity index (χ2v) is 8.12. The third-order valence-electron chi connectivity index (χ3n) is 6.67. The Balaban J connectivity index is 1.58. The van der Waals surface area contributed by atoms with Crippen LogP contribution in [-0.2, 0) is 9.59 Å². The first-order valence-corrected chi connectivity index (χ1v) is 9.72. The molecule has 1 aromatic carbocycles. The summed E-state index contributed by atoms with van der Waals surface area (Å²) in [6.07, 6.45) is 2.17. The number of carbonyl (C=O) groups excluding carboxylic acids is 4. The number of halogens is 1. The Morgan fingerprint density at radius 3 is 2.29 bits per heavy atom. The molecule has 4 amide bonds. The minimum atomic E-state index is -1.08. The molecule has 2 bridgehead atoms. The van der Waals surface area contributed by atoms with Gasteiger partial charge in [-0.2, -0.15) is 0 Å². The van der Waals surface area contributed by atoms with Crippen molar-refractivity contribution in [2.75, 3.05) is 13.1 Å². The summed E-state index contributed by atoms with van der Waals surface area (Å²) < 4.78 is 14.6. The van der Waals surface area contributed by atoms with Crippen molar-refractivity contribution < 1.29 is 23.6 Å². The van der Waals surface area contributed by atoms with E-state index in [1.165, 1.54) is 6.07 Å². The second-order valence-electron chi connectivity index (χ2n) is 8.12. The van der Waals surface area contributed by atoms with Crippen LogP contribution in [0.25, 0.3) is 0 Å². The predicted molar refractivity (Wildman–Crippen MR) is 94.9 cm³/mol. The number of piperidine rings is 2. The Morgan fingerprint density at radius 1 is 0.929 bits per heavy atom. The van der Waals surface area contributed by atoms with Crippen LogP contribution in [0.1, 0.15) is 57.9 Å². The van der Waals surface area contributed by atoms with Crippen molar-refractivity contribution in [1.29, 1.82) is 0 Å². The Kier molecular flexibility index (Phi) is 3.87. The predicted octanol–water partition coefficient (Wildman–Crippen LogP) is 0.940. The zero-order chi connectivity index (χ0) is 19.6. The number of benzene rings is 1. The molecule has 5 rings (SSSR count). The average molecular weight is 385 g/mol. The van der Waals surface area contributed by atoms with Crippen molar-refractivity contribution in [3.05, 3.63) is 34.6 Å². The maximum atomic E-state index is 14.6. The number of imide groups is 2. The van der Waals surface area contributed by atoms with E-state index in [0.717, 1.165) is 36.4 Å². The molecule has 4 atom stereocenters. The number of hydrogen-bond donors (Lipinski definition) is 2. The van der Waals surface area contributed by atoms with Crippen LogP contribution in [0.2, 0.25) is 0 Å². The summed E-state index contributed by atoms with van der Waals surface area (Å²) >= 11 is 0. The number of amides is 4. The van der Waals surface area contributed by atoms with Crippen molar-refractivity contribution >= 4 is 23.6 Å². The third-order valence-corrected chi connectivity index (χ3v) is 6.67. The number of hydrogen-bond acceptors (Lipinski definition) is 5. The maximum Gasteiger partial charge on any atom is 0.265 e. The Hall–Kier alpha value is -2.61. The molecule has 3 aliphatic heterocycles. The quantitative estimate of drug-likeness (QED) is 0.739. The second kappa shape index (κ2) is 6.20. The fraction of sp³-hybridized carbons (Fsp3) is 0.500. The Morgan fingerprint density at radius 2 is 1.61 bits per heavy atom. The normalized spacial score (nSPS) is 32.0. The highest BCUT2D eigenvalue weighted by molar-refractivity contribution is 6.24. The van der Waals surface area contributed by atoms with Crippen LogP contribution in [0.15, 0.2) is 12.1 Å². The van der Waals surface area contributed by atoms with Gasteiger partial charge in [0.15, 0.2) is 0 Å². The van der Waals surface area contributed by atoms with E-state index in [4.69, 9.17) is 0 Å². The zero-order valence-corrected chi connectivity index (χ0v) is 15.2. The van der Waals surface area contributed by atoms with Crippen LogP contribution in [-0.4, -0.2) is 47.7 Å². The van der Waals surface area contributed by atoms with Gasteiger partial charge in [-0.3, -0.25) is 29.4 Å². The van der Waals surface area contributed by atoms with Crippen LogP contribution >= 0.6 is 0 Å². The summed E-state index contributed by atoms with van der Waals surface area (Å²) in [4.78, 5) is 50.7. The summed E-state index contributed by atoms with van der Waals surface area (Å²) in [7, 11) is 0. The van der Waals surface area contributed by atoms with Crippen LogP contribution in [0.4, 0.5) is 4.39 Å². The smallest absolute Gasteiger partial charge is 0.265 e. The monoisotopic (exact) mass is 385 g/mol. The molecular formula is C20H20FN3O4. The summed E-state index contributed by atoms with van der Waals surface area (Å²) in [5.41, 5.74) is 0.599. The lowest BCUT2D eigenvalue weighted by Crippen LogP contribution is -2.54. The highest BCUT2D eigenvalue weighted by Gasteiger charge is 2.49. The van der Waals surface area contributed by atoms with Gasteiger partial charge in [0.1, 0.15) is 11.9 Å². The number of rotatable bonds is 2. The molecule has 0 aromatic heterocycles. The van der Waals surface area contributed by atoms with Crippen molar-refractivity contribution in [2.24, 2.45) is 11.8 Å². The lowest BCUT2D eigenvalue weighted by Gasteiger charge is -2.32. The lowest BCUT2D eigenvalue weighted by atomic mass is 9.78. The average Bonchev–Trinajstić information content (AvgIpc) is 3.06. The maximum absolute atomic E-state index is 14.6. The first-order valence-electron chi connectivity index (χ1n) is 9.72. The molecule has 1 aromatic rings. The van der Waals surface area contributed by atoms with Gasteiger partial charge in [-0.1, -0.05) is 6.07 Å². The topological polar surface area (TPSA) is 95.6 Å². The van der Waals surface area contributed by atoms with E-state index in [0.29, 0.717) is 11.8 Å². The van der Waals surface area contributed by atoms with Crippen LogP contribution in [0, 0.1) is 17.7 Å². The minimum Gasteiger partial charge on any atom is -0.316 e. The molecule has 3 heterocycles. The number of nitrogens with one attached hydrogen (secondary N) is 2. The fourth-order valence-corrected chi connectivity index (χ4v) is 5.45. The number of fused-ring (bicyclic) bond motifs is 3. The SMILES string of the molecule is O=C1CCC(N2C(=O)c3c(F)ccc(C4[C@@H]5CC[C@H]4CNC5)c3C2=O)C(=O)N1. The van der Waals surface area contributed by atoms with E-state index in [-0.39, 0.29) is 29.9 Å². The molecule has 2 unspecified atom stereocenters. The van der Waals surface area contributed by atoms with Gasteiger partial charge in [0, 0.05) is 6.42 Å². The van der Waals surface area contributed by atoms with E-state index < -0.39 is 35.5 Å². The summed E-state index contributed by atoms with van der Waals surface area (Å²) in [6, 6.07) is 1.81. The van der Waals surface area contributed by atoms with Gasteiger partial charge < -0.3 is 5.32 Å². The molecule has 28 heavy (non-hydrogen) atoms. The van der Waals surface area contributed by atoms with E-state index in [9.17, 15) is 23.6 Å². The third kappa shape index (κ3) is 2.37. The molecule has 0 radical (unpaired) electrons. The van der Waals surface area contributed by atoms with Crippen molar-refractivity contribution in [3.8, 4) is 0 Å². The van der Waals surface area contributed by atoms with Crippen LogP contribution in [0.3, 0.4) is 0 Å². The first kappa shape index (κ1) is 17.5. The van der Waals surface area contributed by atoms with Gasteiger partial charge in [-0.05, 0) is 61.7 Å². The van der Waals surface area contributed by atoms with Crippen molar-refractivity contribution in [2.45, 2.75) is 37.6 Å². The molecule has 1 aliphatic carbocycles. The van der Waals surface area contributed by atoms with E-state index >= 15 is 0 Å². The lowest BCUT2D eigenvalue weighted by molar-refractivity contribution is -0.136. The van der Waals surface area contributed by atoms with E-state index in [1.54, 1.807) is 6.07 Å². The molecule has 8 heteroatoms. The van der Waals surface area contributed by atoms with E-state index in [2.05, 4.69) is 10.6 Å². The molecule has 2 N–H and O–H groups in total. The summed E-state index contributed by atoms with van der Waals surface area (Å²) in [5.74, 6) is -2.47. The summed E-state index contributed by atoms with van der Waals surface area (Å²) in [5, 5.41) is 5.56. The number of carbonyl (C=O) groups is 4. The zero-order valence-electron chi connectivity index (χ0n) is 15.2. The fourth-order valence-electron chi connectivity index (χ4n) is 5.45. The van der Waals surface area contributed by atoms with Gasteiger partial charge in [0.2, 0.25) is 11.8 Å². The molecule has 1 saturated carbocycles. The molecule has 146 valence electrons. The van der Waals surface area contributed by atoms with Gasteiger partial charge in [0.25, 0.3) is 11.8 Å². The molecule has 4 aliphatic rings. The van der Waals surface area contributed by atoms with Gasteiger partial charge >= 0.3 is 0 Å². The Bertz CT molecular complexity index is 914. The van der Waals surface area contributed by atoms with Crippen molar-refractivity contribution in [3.63, 3.8) is 0 Å². The largest absolute Gasteiger partial charge is 0.316 e. The Labute approximate surface area is 160 Å². The number of nitrogens with zero attached hydrogens (tertiary/aromatic N) is 1. The van der Waals surface area contributed by atoms with Gasteiger partial charge in [-0.15, -0.1) is 0 Å². The minimum absolute atomic E-state index is 0.0393.